The van der Waals surface area contributed by atoms with Crippen molar-refractivity contribution in [2.24, 2.45) is 0 Å². The van der Waals surface area contributed by atoms with Gasteiger partial charge in [0.2, 0.25) is 0 Å². The van der Waals surface area contributed by atoms with Gasteiger partial charge in [-0.1, -0.05) is 110 Å². The van der Waals surface area contributed by atoms with Crippen LogP contribution >= 0.6 is 0 Å². The molecule has 5 nitrogen and oxygen atoms in total. The molecule has 226 valence electrons. The summed E-state index contributed by atoms with van der Waals surface area (Å²) in [5, 5.41) is 23.9. The Morgan fingerprint density at radius 3 is 1.96 bits per heavy atom. The molecule has 1 aliphatic heterocycles. The fraction of sp³-hybridized carbons (Fsp3) is 0.0455. The largest absolute Gasteiger partial charge is 0.309 e. The highest BCUT2D eigenvalue weighted by Gasteiger charge is 2.50. The summed E-state index contributed by atoms with van der Waals surface area (Å²) in [6.45, 7) is 6.11. The van der Waals surface area contributed by atoms with Crippen LogP contribution in [0.1, 0.15) is 51.7 Å². The first-order valence-electron chi connectivity index (χ1n) is 16.3. The minimum Gasteiger partial charge on any atom is -0.309 e. The highest BCUT2D eigenvalue weighted by atomic mass is 15.0. The average molecular weight is 624 g/mol. The van der Waals surface area contributed by atoms with Gasteiger partial charge >= 0.3 is 0 Å². The Morgan fingerprint density at radius 2 is 1.29 bits per heavy atom. The Morgan fingerprint density at radius 1 is 0.653 bits per heavy atom. The Balaban J connectivity index is 1.45. The zero-order valence-electron chi connectivity index (χ0n) is 26.5. The maximum Gasteiger partial charge on any atom is 0.177 e. The highest BCUT2D eigenvalue weighted by Crippen LogP contribution is 2.61. The van der Waals surface area contributed by atoms with Crippen LogP contribution in [0.5, 0.6) is 0 Å². The van der Waals surface area contributed by atoms with Crippen LogP contribution in [0.4, 0.5) is 0 Å². The van der Waals surface area contributed by atoms with Crippen LogP contribution in [-0.4, -0.2) is 14.5 Å². The fourth-order valence-electron chi connectivity index (χ4n) is 8.82. The summed E-state index contributed by atoms with van der Waals surface area (Å²) in [6.07, 6.45) is 5.84. The average Bonchev–Trinajstić information content (AvgIpc) is 3.64. The molecule has 2 aromatic heterocycles. The Labute approximate surface area is 282 Å². The molecular weight excluding hydrogens is 599 g/mol. The fourth-order valence-corrected chi connectivity index (χ4v) is 8.82. The van der Waals surface area contributed by atoms with Crippen LogP contribution in [0.25, 0.3) is 72.6 Å². The minimum absolute atomic E-state index is 0.00877. The predicted molar refractivity (Wildman–Crippen MR) is 196 cm³/mol. The number of hydrogen-bond acceptors (Lipinski definition) is 4. The standard InChI is InChI=1S/C44H25N5/c1-3-12-26-25(4-2)41-42(48-38(24-46)37(23-45)47-41)32-22-40-31(21-30(26)32)29-15-11-19-36-43(29)49(40)39-20-10-9-18-35(39)44(36)33-16-7-5-13-27(33)28-14-6-8-17-34(28)44/h3-22H,2H2,1H3/b12-3-. The van der Waals surface area contributed by atoms with Gasteiger partial charge in [0.15, 0.2) is 11.4 Å². The number of rotatable bonds is 2. The summed E-state index contributed by atoms with van der Waals surface area (Å²) in [5.74, 6) is 0. The molecule has 0 saturated heterocycles. The van der Waals surface area contributed by atoms with E-state index in [-0.39, 0.29) is 11.4 Å². The molecule has 0 radical (unpaired) electrons. The van der Waals surface area contributed by atoms with E-state index in [0.29, 0.717) is 11.0 Å². The van der Waals surface area contributed by atoms with Crippen LogP contribution in [0, 0.1) is 22.7 Å². The first-order valence-corrected chi connectivity index (χ1v) is 16.3. The van der Waals surface area contributed by atoms with Gasteiger partial charge in [0, 0.05) is 21.7 Å². The highest BCUT2D eigenvalue weighted by molar-refractivity contribution is 6.21. The monoisotopic (exact) mass is 623 g/mol. The Kier molecular flexibility index (Phi) is 5.35. The van der Waals surface area contributed by atoms with Crippen molar-refractivity contribution in [3.8, 4) is 29.0 Å². The number of nitriles is 2. The van der Waals surface area contributed by atoms with Gasteiger partial charge in [-0.2, -0.15) is 10.5 Å². The maximum absolute atomic E-state index is 9.94. The summed E-state index contributed by atoms with van der Waals surface area (Å²) < 4.78 is 2.41. The van der Waals surface area contributed by atoms with Crippen molar-refractivity contribution in [3.05, 3.63) is 161 Å². The van der Waals surface area contributed by atoms with Crippen molar-refractivity contribution in [2.45, 2.75) is 12.3 Å². The molecule has 10 rings (SSSR count). The van der Waals surface area contributed by atoms with Crippen molar-refractivity contribution in [2.75, 3.05) is 0 Å². The van der Waals surface area contributed by atoms with Crippen molar-refractivity contribution in [3.63, 3.8) is 0 Å². The third-order valence-corrected chi connectivity index (χ3v) is 10.6. The third-order valence-electron chi connectivity index (χ3n) is 10.6. The first kappa shape index (κ1) is 27.3. The lowest BCUT2D eigenvalue weighted by atomic mass is 9.65. The lowest BCUT2D eigenvalue weighted by Gasteiger charge is -2.39. The van der Waals surface area contributed by atoms with Gasteiger partial charge in [-0.3, -0.25) is 0 Å². The first-order chi connectivity index (χ1) is 24.1. The van der Waals surface area contributed by atoms with E-state index in [0.717, 1.165) is 38.5 Å². The lowest BCUT2D eigenvalue weighted by Crippen LogP contribution is -2.33. The van der Waals surface area contributed by atoms with Crippen LogP contribution in [0.2, 0.25) is 0 Å². The van der Waals surface area contributed by atoms with E-state index in [1.165, 1.54) is 44.3 Å². The number of para-hydroxylation sites is 2. The summed E-state index contributed by atoms with van der Waals surface area (Å²) >= 11 is 0. The molecule has 49 heavy (non-hydrogen) atoms. The quantitative estimate of drug-likeness (QED) is 0.180. The van der Waals surface area contributed by atoms with E-state index < -0.39 is 5.41 Å². The summed E-state index contributed by atoms with van der Waals surface area (Å²) in [7, 11) is 0. The number of aromatic nitrogens is 3. The van der Waals surface area contributed by atoms with E-state index in [1.54, 1.807) is 6.08 Å². The zero-order chi connectivity index (χ0) is 33.0. The number of allylic oxidation sites excluding steroid dienone is 1. The molecular formula is C44H25N5. The topological polar surface area (TPSA) is 78.3 Å². The second kappa shape index (κ2) is 9.61. The molecule has 0 amide bonds. The molecule has 8 aromatic rings. The lowest BCUT2D eigenvalue weighted by molar-refractivity contribution is 0.748. The van der Waals surface area contributed by atoms with Gasteiger partial charge < -0.3 is 4.57 Å². The van der Waals surface area contributed by atoms with Crippen LogP contribution in [0.15, 0.2) is 116 Å². The molecule has 0 saturated carbocycles. The number of benzene rings is 6. The van der Waals surface area contributed by atoms with Gasteiger partial charge in [-0.05, 0) is 69.5 Å². The van der Waals surface area contributed by atoms with E-state index in [2.05, 4.69) is 137 Å². The molecule has 0 fully saturated rings. The maximum atomic E-state index is 9.94. The second-order valence-electron chi connectivity index (χ2n) is 12.7. The summed E-state index contributed by atoms with van der Waals surface area (Å²) in [6, 6.07) is 41.8. The predicted octanol–water partition coefficient (Wildman–Crippen LogP) is 9.98. The van der Waals surface area contributed by atoms with Crippen molar-refractivity contribution >= 4 is 55.8 Å². The SMILES string of the molecule is C=Cc1c(/C=C\C)c2cc3c4cccc5c4n(c3cc2c2nc(C#N)c(C#N)nc12)-c1ccccc1C51c2ccccc2-c2ccccc21. The van der Waals surface area contributed by atoms with Gasteiger partial charge in [0.25, 0.3) is 0 Å². The van der Waals surface area contributed by atoms with Crippen molar-refractivity contribution in [1.82, 2.24) is 14.5 Å². The summed E-state index contributed by atoms with van der Waals surface area (Å²) in [5.41, 5.74) is 13.3. The van der Waals surface area contributed by atoms with E-state index in [9.17, 15) is 10.5 Å². The molecule has 2 aliphatic rings. The van der Waals surface area contributed by atoms with E-state index >= 15 is 0 Å². The van der Waals surface area contributed by atoms with E-state index in [4.69, 9.17) is 4.98 Å². The minimum atomic E-state index is -0.493. The zero-order valence-corrected chi connectivity index (χ0v) is 26.5. The van der Waals surface area contributed by atoms with Crippen molar-refractivity contribution in [1.29, 1.82) is 10.5 Å². The van der Waals surface area contributed by atoms with Gasteiger partial charge in [-0.15, -0.1) is 0 Å². The van der Waals surface area contributed by atoms with Gasteiger partial charge in [0.1, 0.15) is 12.1 Å². The van der Waals surface area contributed by atoms with Gasteiger partial charge in [0.05, 0.1) is 33.2 Å². The Hall–Kier alpha value is -6.82. The van der Waals surface area contributed by atoms with Crippen LogP contribution in [0.3, 0.4) is 0 Å². The molecule has 6 aromatic carbocycles. The number of nitrogens with zero attached hydrogens (tertiary/aromatic N) is 5. The molecule has 3 heterocycles. The Bertz CT molecular complexity index is 2900. The van der Waals surface area contributed by atoms with E-state index in [1.807, 2.05) is 13.0 Å². The number of fused-ring (bicyclic) bond motifs is 15. The summed E-state index contributed by atoms with van der Waals surface area (Å²) in [4.78, 5) is 9.46. The molecule has 1 aliphatic carbocycles. The molecule has 5 heteroatoms. The second-order valence-corrected chi connectivity index (χ2v) is 12.7. The molecule has 0 N–H and O–H groups in total. The van der Waals surface area contributed by atoms with Crippen LogP contribution in [-0.2, 0) is 5.41 Å². The smallest absolute Gasteiger partial charge is 0.177 e. The number of hydrogen-bond donors (Lipinski definition) is 0. The normalized spacial score (nSPS) is 13.5. The van der Waals surface area contributed by atoms with Crippen LogP contribution < -0.4 is 0 Å². The molecule has 1 spiro atoms. The molecule has 0 atom stereocenters. The van der Waals surface area contributed by atoms with Gasteiger partial charge in [-0.25, -0.2) is 9.97 Å². The molecule has 0 unspecified atom stereocenters. The molecule has 0 bridgehead atoms. The third kappa shape index (κ3) is 3.17. The van der Waals surface area contributed by atoms with Crippen molar-refractivity contribution < 1.29 is 0 Å².